The molecule has 0 aliphatic carbocycles. The Kier molecular flexibility index (Phi) is 10.4. The van der Waals surface area contributed by atoms with Crippen molar-refractivity contribution in [2.45, 2.75) is 58.6 Å². The number of esters is 2. The fourth-order valence-corrected chi connectivity index (χ4v) is 3.34. The summed E-state index contributed by atoms with van der Waals surface area (Å²) in [6.07, 6.45) is 0.211. The number of rotatable bonds is 12. The predicted molar refractivity (Wildman–Crippen MR) is 117 cm³/mol. The average Bonchev–Trinajstić information content (AvgIpc) is 3.19. The Morgan fingerprint density at radius 1 is 1.19 bits per heavy atom. The molecule has 0 radical (unpaired) electrons. The molecule has 31 heavy (non-hydrogen) atoms. The lowest BCUT2D eigenvalue weighted by Gasteiger charge is -2.27. The van der Waals surface area contributed by atoms with E-state index in [1.807, 2.05) is 20.8 Å². The first kappa shape index (κ1) is 25.3. The van der Waals surface area contributed by atoms with Gasteiger partial charge in [0.05, 0.1) is 31.5 Å². The molecule has 1 fully saturated rings. The number of anilines is 1. The molecule has 1 aromatic heterocycles. The van der Waals surface area contributed by atoms with Gasteiger partial charge in [-0.2, -0.15) is 4.37 Å². The minimum Gasteiger partial charge on any atom is -0.470 e. The Morgan fingerprint density at radius 3 is 2.58 bits per heavy atom. The number of nitrogens with one attached hydrogen (secondary N) is 1. The zero-order chi connectivity index (χ0) is 22.7. The SMILES string of the molecule is CCOC(=O)CCCC(=O)O[C@@H](CNC(C)(C)C)COc1nsnc1N1CCOCC1. The third-order valence-electron chi connectivity index (χ3n) is 4.38. The Hall–Kier alpha value is -1.98. The summed E-state index contributed by atoms with van der Waals surface area (Å²) in [6, 6.07) is 0. The van der Waals surface area contributed by atoms with E-state index >= 15 is 0 Å². The molecule has 1 aliphatic rings. The van der Waals surface area contributed by atoms with E-state index in [9.17, 15) is 9.59 Å². The van der Waals surface area contributed by atoms with Gasteiger partial charge in [0.2, 0.25) is 5.82 Å². The molecule has 10 nitrogen and oxygen atoms in total. The molecule has 1 aromatic rings. The van der Waals surface area contributed by atoms with Gasteiger partial charge < -0.3 is 29.2 Å². The van der Waals surface area contributed by atoms with Crippen LogP contribution in [0.25, 0.3) is 0 Å². The number of nitrogens with zero attached hydrogens (tertiary/aromatic N) is 3. The molecule has 0 spiro atoms. The Bertz CT molecular complexity index is 687. The summed E-state index contributed by atoms with van der Waals surface area (Å²) in [5.74, 6) is 0.442. The fraction of sp³-hybridized carbons (Fsp3) is 0.800. The third-order valence-corrected chi connectivity index (χ3v) is 4.89. The Labute approximate surface area is 187 Å². The highest BCUT2D eigenvalue weighted by atomic mass is 32.1. The molecule has 0 amide bonds. The fourth-order valence-electron chi connectivity index (χ4n) is 2.82. The molecule has 2 rings (SSSR count). The summed E-state index contributed by atoms with van der Waals surface area (Å²) in [6.45, 7) is 11.5. The van der Waals surface area contributed by atoms with Crippen molar-refractivity contribution in [1.82, 2.24) is 14.1 Å². The average molecular weight is 459 g/mol. The van der Waals surface area contributed by atoms with Crippen molar-refractivity contribution in [1.29, 1.82) is 0 Å². The van der Waals surface area contributed by atoms with Crippen LogP contribution in [0.15, 0.2) is 0 Å². The van der Waals surface area contributed by atoms with E-state index in [0.29, 0.717) is 44.5 Å². The molecule has 0 aromatic carbocycles. The summed E-state index contributed by atoms with van der Waals surface area (Å²) in [5, 5.41) is 3.33. The monoisotopic (exact) mass is 458 g/mol. The number of morpholine rings is 1. The van der Waals surface area contributed by atoms with E-state index in [1.165, 1.54) is 0 Å². The highest BCUT2D eigenvalue weighted by Gasteiger charge is 2.23. The van der Waals surface area contributed by atoms with Crippen molar-refractivity contribution >= 4 is 29.5 Å². The zero-order valence-corrected chi connectivity index (χ0v) is 19.7. The number of hydrogen-bond donors (Lipinski definition) is 1. The lowest BCUT2D eigenvalue weighted by atomic mass is 10.1. The van der Waals surface area contributed by atoms with E-state index in [4.69, 9.17) is 18.9 Å². The molecule has 176 valence electrons. The van der Waals surface area contributed by atoms with Crippen molar-refractivity contribution in [3.63, 3.8) is 0 Å². The molecule has 1 aliphatic heterocycles. The highest BCUT2D eigenvalue weighted by Crippen LogP contribution is 2.26. The van der Waals surface area contributed by atoms with Crippen LogP contribution in [0, 0.1) is 0 Å². The van der Waals surface area contributed by atoms with Gasteiger partial charge in [-0.3, -0.25) is 9.59 Å². The number of carbonyl (C=O) groups excluding carboxylic acids is 2. The lowest BCUT2D eigenvalue weighted by molar-refractivity contribution is -0.151. The van der Waals surface area contributed by atoms with Gasteiger partial charge >= 0.3 is 11.9 Å². The first-order valence-corrected chi connectivity index (χ1v) is 11.4. The Morgan fingerprint density at radius 2 is 1.90 bits per heavy atom. The van der Waals surface area contributed by atoms with E-state index in [-0.39, 0.29) is 36.9 Å². The minimum atomic E-state index is -0.506. The highest BCUT2D eigenvalue weighted by molar-refractivity contribution is 6.99. The summed E-state index contributed by atoms with van der Waals surface area (Å²) in [5.41, 5.74) is -0.143. The quantitative estimate of drug-likeness (QED) is 0.465. The molecule has 0 bridgehead atoms. The van der Waals surface area contributed by atoms with Crippen molar-refractivity contribution in [3.8, 4) is 5.88 Å². The largest absolute Gasteiger partial charge is 0.470 e. The number of carbonyl (C=O) groups is 2. The number of hydrogen-bond acceptors (Lipinski definition) is 11. The standard InChI is InChI=1S/C20H34N4O6S/c1-5-28-16(25)7-6-8-17(26)30-15(13-21-20(2,3)4)14-29-19-18(22-31-23-19)24-9-11-27-12-10-24/h15,21H,5-14H2,1-4H3/t15-/m0/s1. The topological polar surface area (TPSA) is 112 Å². The lowest BCUT2D eigenvalue weighted by Crippen LogP contribution is -2.44. The van der Waals surface area contributed by atoms with Gasteiger partial charge in [0.1, 0.15) is 12.7 Å². The molecular formula is C20H34N4O6S. The van der Waals surface area contributed by atoms with Gasteiger partial charge in [0.15, 0.2) is 0 Å². The van der Waals surface area contributed by atoms with Crippen molar-refractivity contribution < 1.29 is 28.5 Å². The molecule has 0 saturated carbocycles. The van der Waals surface area contributed by atoms with Crippen LogP contribution in [-0.4, -0.2) is 78.4 Å². The second kappa shape index (κ2) is 12.8. The van der Waals surface area contributed by atoms with Gasteiger partial charge in [0.25, 0.3) is 5.88 Å². The molecule has 0 unspecified atom stereocenters. The molecule has 11 heteroatoms. The van der Waals surface area contributed by atoms with Crippen LogP contribution < -0.4 is 15.0 Å². The number of ether oxygens (including phenoxy) is 4. The van der Waals surface area contributed by atoms with Crippen molar-refractivity contribution in [2.75, 3.05) is 51.0 Å². The van der Waals surface area contributed by atoms with Gasteiger partial charge in [-0.05, 0) is 34.1 Å². The Balaban J connectivity index is 1.88. The van der Waals surface area contributed by atoms with Gasteiger partial charge in [0, 0.05) is 38.0 Å². The van der Waals surface area contributed by atoms with Crippen LogP contribution in [0.2, 0.25) is 0 Å². The maximum Gasteiger partial charge on any atom is 0.306 e. The van der Waals surface area contributed by atoms with Crippen LogP contribution in [-0.2, 0) is 23.8 Å². The smallest absolute Gasteiger partial charge is 0.306 e. The van der Waals surface area contributed by atoms with Crippen LogP contribution in [0.4, 0.5) is 5.82 Å². The molecule has 1 atom stereocenters. The first-order valence-electron chi connectivity index (χ1n) is 10.7. The van der Waals surface area contributed by atoms with Crippen LogP contribution >= 0.6 is 11.7 Å². The summed E-state index contributed by atoms with van der Waals surface area (Å²) < 4.78 is 30.4. The van der Waals surface area contributed by atoms with E-state index in [0.717, 1.165) is 24.8 Å². The van der Waals surface area contributed by atoms with Gasteiger partial charge in [-0.25, -0.2) is 0 Å². The van der Waals surface area contributed by atoms with Gasteiger partial charge in [-0.15, -0.1) is 4.37 Å². The van der Waals surface area contributed by atoms with E-state index < -0.39 is 6.10 Å². The minimum absolute atomic E-state index is 0.141. The van der Waals surface area contributed by atoms with Crippen LogP contribution in [0.1, 0.15) is 47.0 Å². The summed E-state index contributed by atoms with van der Waals surface area (Å²) in [7, 11) is 0. The summed E-state index contributed by atoms with van der Waals surface area (Å²) >= 11 is 1.09. The molecular weight excluding hydrogens is 424 g/mol. The normalized spacial score (nSPS) is 15.4. The predicted octanol–water partition coefficient (Wildman–Crippen LogP) is 1.79. The summed E-state index contributed by atoms with van der Waals surface area (Å²) in [4.78, 5) is 25.8. The van der Waals surface area contributed by atoms with E-state index in [1.54, 1.807) is 6.92 Å². The second-order valence-corrected chi connectivity index (χ2v) is 8.73. The van der Waals surface area contributed by atoms with Crippen LogP contribution in [0.3, 0.4) is 0 Å². The van der Waals surface area contributed by atoms with Gasteiger partial charge in [-0.1, -0.05) is 0 Å². The van der Waals surface area contributed by atoms with E-state index in [2.05, 4.69) is 19.0 Å². The first-order chi connectivity index (χ1) is 14.8. The maximum absolute atomic E-state index is 12.3. The van der Waals surface area contributed by atoms with Crippen LogP contribution in [0.5, 0.6) is 5.88 Å². The second-order valence-electron chi connectivity index (χ2n) is 8.20. The molecule has 2 heterocycles. The van der Waals surface area contributed by atoms with Crippen molar-refractivity contribution in [3.05, 3.63) is 0 Å². The number of aromatic nitrogens is 2. The third kappa shape index (κ3) is 9.79. The zero-order valence-electron chi connectivity index (χ0n) is 18.8. The molecule has 1 N–H and O–H groups in total. The maximum atomic E-state index is 12.3. The molecule has 1 saturated heterocycles. The van der Waals surface area contributed by atoms with Crippen molar-refractivity contribution in [2.24, 2.45) is 0 Å².